The van der Waals surface area contributed by atoms with E-state index in [0.717, 1.165) is 18.9 Å². The standard InChI is InChI=1S/C36H49NO13/c1-10-12-17-44-31(40)20(3)45-32(41)25(46-21(4)38)19-27(39)47-24-15-16-36(43)26(37(9)11-2)18-22-13-14-23(48-33(42)50-34(5,6)7)29-28(22)35(36,8)30(24)49-29/h13-15,20,25-26,30,43H,10-12,16-19H2,1-9H3/t20-,25-,26+,30-,35-,36+/m0/s1. The average Bonchev–Trinajstić information content (AvgIpc) is 3.35. The van der Waals surface area contributed by atoms with E-state index in [1.54, 1.807) is 32.9 Å². The lowest BCUT2D eigenvalue weighted by atomic mass is 9.54. The Morgan fingerprint density at radius 1 is 1.08 bits per heavy atom. The Bertz CT molecular complexity index is 1530. The zero-order chi connectivity index (χ0) is 37.2. The summed E-state index contributed by atoms with van der Waals surface area (Å²) in [7, 11) is 1.92. The van der Waals surface area contributed by atoms with Crippen molar-refractivity contribution >= 4 is 30.0 Å². The van der Waals surface area contributed by atoms with E-state index in [0.29, 0.717) is 24.9 Å². The minimum Gasteiger partial charge on any atom is -0.477 e. The molecular formula is C36H49NO13. The van der Waals surface area contributed by atoms with Crippen LogP contribution in [0.15, 0.2) is 24.0 Å². The van der Waals surface area contributed by atoms with Crippen LogP contribution in [0.25, 0.3) is 0 Å². The highest BCUT2D eigenvalue weighted by molar-refractivity contribution is 5.86. The first-order chi connectivity index (χ1) is 23.4. The molecule has 1 aliphatic heterocycles. The molecule has 0 aromatic heterocycles. The first-order valence-corrected chi connectivity index (χ1v) is 17.0. The van der Waals surface area contributed by atoms with Crippen molar-refractivity contribution in [3.05, 3.63) is 35.1 Å². The number of ether oxygens (including phenoxy) is 7. The van der Waals surface area contributed by atoms with Crippen LogP contribution in [0, 0.1) is 0 Å². The second kappa shape index (κ2) is 15.0. The van der Waals surface area contributed by atoms with Gasteiger partial charge in [-0.15, -0.1) is 0 Å². The molecule has 1 heterocycles. The lowest BCUT2D eigenvalue weighted by Crippen LogP contribution is -2.69. The summed E-state index contributed by atoms with van der Waals surface area (Å²) in [6.45, 7) is 14.0. The monoisotopic (exact) mass is 703 g/mol. The third-order valence-electron chi connectivity index (χ3n) is 9.36. The number of hydrogen-bond acceptors (Lipinski definition) is 14. The van der Waals surface area contributed by atoms with Crippen molar-refractivity contribution in [3.63, 3.8) is 0 Å². The predicted molar refractivity (Wildman–Crippen MR) is 176 cm³/mol. The maximum absolute atomic E-state index is 13.4. The van der Waals surface area contributed by atoms with E-state index in [9.17, 15) is 29.1 Å². The number of unbranched alkanes of at least 4 members (excludes halogenated alkanes) is 1. The number of carbonyl (C=O) groups is 5. The Hall–Kier alpha value is -4.17. The fourth-order valence-electron chi connectivity index (χ4n) is 6.76. The molecule has 4 rings (SSSR count). The molecule has 3 aliphatic rings. The van der Waals surface area contributed by atoms with E-state index in [1.165, 1.54) is 6.92 Å². The fraction of sp³-hybridized carbons (Fsp3) is 0.639. The van der Waals surface area contributed by atoms with E-state index in [2.05, 4.69) is 4.90 Å². The van der Waals surface area contributed by atoms with Gasteiger partial charge in [0.15, 0.2) is 23.7 Å². The van der Waals surface area contributed by atoms with Crippen LogP contribution in [0.2, 0.25) is 0 Å². The number of benzene rings is 1. The van der Waals surface area contributed by atoms with E-state index in [-0.39, 0.29) is 36.3 Å². The van der Waals surface area contributed by atoms with Gasteiger partial charge in [-0.05, 0) is 78.8 Å². The Labute approximate surface area is 292 Å². The van der Waals surface area contributed by atoms with Crippen molar-refractivity contribution in [2.75, 3.05) is 20.2 Å². The van der Waals surface area contributed by atoms with Crippen LogP contribution < -0.4 is 9.47 Å². The molecule has 1 N–H and O–H groups in total. The van der Waals surface area contributed by atoms with Crippen molar-refractivity contribution < 1.29 is 62.2 Å². The maximum atomic E-state index is 13.4. The Morgan fingerprint density at radius 3 is 2.40 bits per heavy atom. The summed E-state index contributed by atoms with van der Waals surface area (Å²) in [4.78, 5) is 65.2. The third-order valence-corrected chi connectivity index (χ3v) is 9.36. The summed E-state index contributed by atoms with van der Waals surface area (Å²) in [5.74, 6) is -3.40. The summed E-state index contributed by atoms with van der Waals surface area (Å²) >= 11 is 0. The first kappa shape index (κ1) is 38.6. The molecule has 0 fully saturated rings. The van der Waals surface area contributed by atoms with Crippen molar-refractivity contribution in [3.8, 4) is 11.5 Å². The van der Waals surface area contributed by atoms with Crippen molar-refractivity contribution in [2.24, 2.45) is 0 Å². The smallest absolute Gasteiger partial charge is 0.477 e. The van der Waals surface area contributed by atoms with Crippen LogP contribution in [-0.2, 0) is 54.7 Å². The van der Waals surface area contributed by atoms with Crippen LogP contribution in [0.1, 0.15) is 92.2 Å². The SMILES string of the molecule is CCCCOC(=O)[C@H](C)OC(=O)[C@H](CC(=O)OC1=CC[C@@]2(O)[C@H](N(C)CC)Cc3ccc(OC(=O)OC(C)(C)C)c4c3[C@@]2(C)[C@H]1O4)OC(C)=O. The van der Waals surface area contributed by atoms with E-state index >= 15 is 0 Å². The van der Waals surface area contributed by atoms with E-state index in [4.69, 9.17) is 33.2 Å². The van der Waals surface area contributed by atoms with Gasteiger partial charge in [-0.3, -0.25) is 9.59 Å². The highest BCUT2D eigenvalue weighted by atomic mass is 16.7. The number of hydrogen-bond donors (Lipinski definition) is 1. The molecule has 1 aromatic rings. The topological polar surface area (TPSA) is 173 Å². The zero-order valence-electron chi connectivity index (χ0n) is 30.3. The molecule has 0 bridgehead atoms. The number of likely N-dealkylation sites (N-methyl/N-ethyl adjacent to an activating group) is 1. The summed E-state index contributed by atoms with van der Waals surface area (Å²) in [5, 5.41) is 12.6. The molecule has 0 saturated heterocycles. The zero-order valence-corrected chi connectivity index (χ0v) is 30.3. The van der Waals surface area contributed by atoms with Crippen LogP contribution in [0.4, 0.5) is 4.79 Å². The molecule has 1 aromatic carbocycles. The van der Waals surface area contributed by atoms with Crippen molar-refractivity contribution in [1.82, 2.24) is 4.90 Å². The number of nitrogens with zero attached hydrogens (tertiary/aromatic N) is 1. The molecule has 50 heavy (non-hydrogen) atoms. The molecular weight excluding hydrogens is 654 g/mol. The van der Waals surface area contributed by atoms with Crippen LogP contribution >= 0.6 is 0 Å². The molecule has 14 nitrogen and oxygen atoms in total. The van der Waals surface area contributed by atoms with Crippen LogP contribution in [0.3, 0.4) is 0 Å². The summed E-state index contributed by atoms with van der Waals surface area (Å²) in [6, 6.07) is 3.08. The molecule has 0 saturated carbocycles. The van der Waals surface area contributed by atoms with Crippen molar-refractivity contribution in [1.29, 1.82) is 0 Å². The first-order valence-electron chi connectivity index (χ1n) is 17.0. The predicted octanol–water partition coefficient (Wildman–Crippen LogP) is 4.05. The van der Waals surface area contributed by atoms with Gasteiger partial charge < -0.3 is 43.2 Å². The molecule has 0 spiro atoms. The van der Waals surface area contributed by atoms with Gasteiger partial charge in [-0.2, -0.15) is 0 Å². The number of rotatable bonds is 13. The van der Waals surface area contributed by atoms with Gasteiger partial charge in [0.25, 0.3) is 0 Å². The lowest BCUT2D eigenvalue weighted by Gasteiger charge is -2.56. The van der Waals surface area contributed by atoms with Crippen LogP contribution in [0.5, 0.6) is 11.5 Å². The van der Waals surface area contributed by atoms with Gasteiger partial charge in [0.2, 0.25) is 6.10 Å². The molecule has 0 amide bonds. The minimum absolute atomic E-state index is 0.0511. The molecule has 0 unspecified atom stereocenters. The second-order valence-electron chi connectivity index (χ2n) is 14.1. The summed E-state index contributed by atoms with van der Waals surface area (Å²) in [6.07, 6.45) is -2.24. The number of esters is 4. The fourth-order valence-corrected chi connectivity index (χ4v) is 6.76. The molecule has 0 radical (unpaired) electrons. The molecule has 276 valence electrons. The quantitative estimate of drug-likeness (QED) is 0.135. The normalized spacial score (nSPS) is 24.5. The van der Waals surface area contributed by atoms with Gasteiger partial charge in [0.05, 0.1) is 24.0 Å². The molecule has 2 aliphatic carbocycles. The van der Waals surface area contributed by atoms with Gasteiger partial charge in [0.1, 0.15) is 11.4 Å². The third kappa shape index (κ3) is 7.75. The van der Waals surface area contributed by atoms with Gasteiger partial charge in [-0.25, -0.2) is 14.4 Å². The Morgan fingerprint density at radius 2 is 1.78 bits per heavy atom. The van der Waals surface area contributed by atoms with Gasteiger partial charge in [0, 0.05) is 24.9 Å². The summed E-state index contributed by atoms with van der Waals surface area (Å²) < 4.78 is 38.5. The Balaban J connectivity index is 1.62. The maximum Gasteiger partial charge on any atom is 0.514 e. The van der Waals surface area contributed by atoms with Gasteiger partial charge in [-0.1, -0.05) is 26.3 Å². The number of aliphatic hydroxyl groups is 1. The molecule has 14 heteroatoms. The average molecular weight is 704 g/mol. The van der Waals surface area contributed by atoms with Gasteiger partial charge >= 0.3 is 30.0 Å². The Kier molecular flexibility index (Phi) is 11.6. The van der Waals surface area contributed by atoms with E-state index in [1.807, 2.05) is 33.9 Å². The summed E-state index contributed by atoms with van der Waals surface area (Å²) in [5.41, 5.74) is -1.93. The molecule has 6 atom stereocenters. The second-order valence-corrected chi connectivity index (χ2v) is 14.1. The van der Waals surface area contributed by atoms with Crippen LogP contribution in [-0.4, -0.2) is 95.8 Å². The minimum atomic E-state index is -1.72. The highest BCUT2D eigenvalue weighted by Crippen LogP contribution is 2.62. The van der Waals surface area contributed by atoms with E-state index < -0.39 is 71.4 Å². The number of carbonyl (C=O) groups excluding carboxylic acids is 5. The van der Waals surface area contributed by atoms with Crippen molar-refractivity contribution in [2.45, 2.75) is 128 Å². The lowest BCUT2D eigenvalue weighted by molar-refractivity contribution is -0.179. The largest absolute Gasteiger partial charge is 0.514 e. The highest BCUT2D eigenvalue weighted by Gasteiger charge is 2.68.